The van der Waals surface area contributed by atoms with E-state index < -0.39 is 0 Å². The van der Waals surface area contributed by atoms with E-state index in [0.29, 0.717) is 0 Å². The van der Waals surface area contributed by atoms with Crippen LogP contribution in [0.25, 0.3) is 0 Å². The summed E-state index contributed by atoms with van der Waals surface area (Å²) in [5.74, 6) is 0. The zero-order chi connectivity index (χ0) is 12.8. The molecular formula is C13H17N3OS. The number of hydrogen-bond donors (Lipinski definition) is 1. The van der Waals surface area contributed by atoms with Crippen molar-refractivity contribution in [3.8, 4) is 0 Å². The summed E-state index contributed by atoms with van der Waals surface area (Å²) in [4.78, 5) is 0. The van der Waals surface area contributed by atoms with Crippen molar-refractivity contribution in [1.82, 2.24) is 15.5 Å². The van der Waals surface area contributed by atoms with Gasteiger partial charge in [0.15, 0.2) is 5.01 Å². The van der Waals surface area contributed by atoms with E-state index in [1.807, 2.05) is 30.3 Å². The van der Waals surface area contributed by atoms with Crippen LogP contribution < -0.4 is 5.32 Å². The quantitative estimate of drug-likeness (QED) is 0.869. The van der Waals surface area contributed by atoms with Gasteiger partial charge in [0.05, 0.1) is 0 Å². The molecule has 0 radical (unpaired) electrons. The maximum atomic E-state index is 5.53. The molecular weight excluding hydrogens is 246 g/mol. The molecule has 1 unspecified atom stereocenters. The summed E-state index contributed by atoms with van der Waals surface area (Å²) in [6, 6.07) is 10.1. The average Bonchev–Trinajstić information content (AvgIpc) is 2.87. The molecule has 0 fully saturated rings. The van der Waals surface area contributed by atoms with Gasteiger partial charge in [-0.05, 0) is 12.1 Å². The van der Waals surface area contributed by atoms with Crippen molar-refractivity contribution >= 4 is 11.3 Å². The molecule has 1 heterocycles. The first-order valence-corrected chi connectivity index (χ1v) is 6.77. The van der Waals surface area contributed by atoms with Crippen molar-refractivity contribution < 1.29 is 4.74 Å². The highest BCUT2D eigenvalue weighted by molar-refractivity contribution is 7.11. The van der Waals surface area contributed by atoms with E-state index in [1.165, 1.54) is 0 Å². The standard InChI is InChI=1S/C13H17N3OS/c1-3-14-9-11-15-16-13(18-11)12(17-2)10-7-5-4-6-8-10/h4-8,12,14H,3,9H2,1-2H3. The van der Waals surface area contributed by atoms with E-state index in [4.69, 9.17) is 4.74 Å². The lowest BCUT2D eigenvalue weighted by atomic mass is 10.1. The lowest BCUT2D eigenvalue weighted by Crippen LogP contribution is -2.11. The van der Waals surface area contributed by atoms with Crippen molar-refractivity contribution in [3.05, 3.63) is 45.9 Å². The Labute approximate surface area is 111 Å². The van der Waals surface area contributed by atoms with Crippen LogP contribution in [0.5, 0.6) is 0 Å². The van der Waals surface area contributed by atoms with Crippen LogP contribution in [0.3, 0.4) is 0 Å². The molecule has 0 aliphatic heterocycles. The summed E-state index contributed by atoms with van der Waals surface area (Å²) >= 11 is 1.59. The van der Waals surface area contributed by atoms with E-state index in [2.05, 4.69) is 22.4 Å². The molecule has 0 spiro atoms. The molecule has 1 atom stereocenters. The minimum atomic E-state index is -0.126. The van der Waals surface area contributed by atoms with Crippen molar-refractivity contribution in [2.24, 2.45) is 0 Å². The predicted octanol–water partition coefficient (Wildman–Crippen LogP) is 2.38. The summed E-state index contributed by atoms with van der Waals surface area (Å²) in [6.07, 6.45) is -0.126. The van der Waals surface area contributed by atoms with Gasteiger partial charge in [-0.15, -0.1) is 10.2 Å². The predicted molar refractivity (Wildman–Crippen MR) is 72.6 cm³/mol. The molecule has 0 aliphatic rings. The highest BCUT2D eigenvalue weighted by Gasteiger charge is 2.17. The van der Waals surface area contributed by atoms with Gasteiger partial charge >= 0.3 is 0 Å². The van der Waals surface area contributed by atoms with E-state index >= 15 is 0 Å². The van der Waals surface area contributed by atoms with Gasteiger partial charge in [-0.25, -0.2) is 0 Å². The molecule has 5 heteroatoms. The van der Waals surface area contributed by atoms with E-state index in [0.717, 1.165) is 28.7 Å². The third-order valence-electron chi connectivity index (χ3n) is 2.57. The summed E-state index contributed by atoms with van der Waals surface area (Å²) in [5.41, 5.74) is 1.10. The first-order chi connectivity index (χ1) is 8.85. The monoisotopic (exact) mass is 263 g/mol. The number of rotatable bonds is 6. The average molecular weight is 263 g/mol. The Balaban J connectivity index is 2.15. The molecule has 2 rings (SSSR count). The van der Waals surface area contributed by atoms with Gasteiger partial charge in [0.25, 0.3) is 0 Å². The van der Waals surface area contributed by atoms with Gasteiger partial charge < -0.3 is 10.1 Å². The third kappa shape index (κ3) is 3.13. The summed E-state index contributed by atoms with van der Waals surface area (Å²) in [5, 5.41) is 13.5. The molecule has 1 N–H and O–H groups in total. The van der Waals surface area contributed by atoms with Gasteiger partial charge in [0.2, 0.25) is 0 Å². The van der Waals surface area contributed by atoms with Crippen LogP contribution in [-0.2, 0) is 11.3 Å². The Morgan fingerprint density at radius 3 is 2.72 bits per heavy atom. The highest BCUT2D eigenvalue weighted by atomic mass is 32.1. The van der Waals surface area contributed by atoms with Crippen molar-refractivity contribution in [1.29, 1.82) is 0 Å². The fourth-order valence-corrected chi connectivity index (χ4v) is 2.60. The second kappa shape index (κ2) is 6.58. The summed E-state index contributed by atoms with van der Waals surface area (Å²) < 4.78 is 5.53. The van der Waals surface area contributed by atoms with Crippen LogP contribution in [0.1, 0.15) is 28.6 Å². The second-order valence-electron chi connectivity index (χ2n) is 3.84. The first kappa shape index (κ1) is 13.1. The van der Waals surface area contributed by atoms with Crippen molar-refractivity contribution in [3.63, 3.8) is 0 Å². The Hall–Kier alpha value is -1.30. The van der Waals surface area contributed by atoms with Gasteiger partial charge in [0.1, 0.15) is 11.1 Å². The highest BCUT2D eigenvalue weighted by Crippen LogP contribution is 2.27. The van der Waals surface area contributed by atoms with Crippen LogP contribution in [-0.4, -0.2) is 23.9 Å². The number of ether oxygens (including phenoxy) is 1. The maximum Gasteiger partial charge on any atom is 0.151 e. The Bertz CT molecular complexity index is 472. The molecule has 0 amide bonds. The molecule has 1 aromatic heterocycles. The fraction of sp³-hybridized carbons (Fsp3) is 0.385. The lowest BCUT2D eigenvalue weighted by Gasteiger charge is -2.11. The molecule has 96 valence electrons. The molecule has 0 saturated heterocycles. The van der Waals surface area contributed by atoms with Crippen LogP contribution >= 0.6 is 11.3 Å². The largest absolute Gasteiger partial charge is 0.369 e. The molecule has 0 bridgehead atoms. The van der Waals surface area contributed by atoms with Crippen LogP contribution in [0, 0.1) is 0 Å². The first-order valence-electron chi connectivity index (χ1n) is 5.96. The second-order valence-corrected chi connectivity index (χ2v) is 4.93. The molecule has 4 nitrogen and oxygen atoms in total. The lowest BCUT2D eigenvalue weighted by molar-refractivity contribution is 0.135. The van der Waals surface area contributed by atoms with E-state index in [1.54, 1.807) is 18.4 Å². The maximum absolute atomic E-state index is 5.53. The Kier molecular flexibility index (Phi) is 4.81. The smallest absolute Gasteiger partial charge is 0.151 e. The normalized spacial score (nSPS) is 12.6. The van der Waals surface area contributed by atoms with Crippen LogP contribution in [0.4, 0.5) is 0 Å². The van der Waals surface area contributed by atoms with Gasteiger partial charge in [-0.2, -0.15) is 0 Å². The molecule has 18 heavy (non-hydrogen) atoms. The zero-order valence-corrected chi connectivity index (χ0v) is 11.4. The van der Waals surface area contributed by atoms with Crippen molar-refractivity contribution in [2.75, 3.05) is 13.7 Å². The van der Waals surface area contributed by atoms with Gasteiger partial charge in [0, 0.05) is 13.7 Å². The third-order valence-corrected chi connectivity index (χ3v) is 3.54. The Morgan fingerprint density at radius 1 is 1.28 bits per heavy atom. The number of nitrogens with one attached hydrogen (secondary N) is 1. The minimum absolute atomic E-state index is 0.126. The van der Waals surface area contributed by atoms with Crippen LogP contribution in [0.15, 0.2) is 30.3 Å². The number of methoxy groups -OCH3 is 1. The van der Waals surface area contributed by atoms with Crippen LogP contribution in [0.2, 0.25) is 0 Å². The molecule has 2 aromatic rings. The van der Waals surface area contributed by atoms with Crippen molar-refractivity contribution in [2.45, 2.75) is 19.6 Å². The summed E-state index contributed by atoms with van der Waals surface area (Å²) in [7, 11) is 1.70. The fourth-order valence-electron chi connectivity index (χ4n) is 1.68. The Morgan fingerprint density at radius 2 is 2.06 bits per heavy atom. The van der Waals surface area contributed by atoms with E-state index in [-0.39, 0.29) is 6.10 Å². The molecule has 1 aromatic carbocycles. The molecule has 0 aliphatic carbocycles. The number of nitrogens with zero attached hydrogens (tertiary/aromatic N) is 2. The minimum Gasteiger partial charge on any atom is -0.369 e. The van der Waals surface area contributed by atoms with E-state index in [9.17, 15) is 0 Å². The number of aromatic nitrogens is 2. The van der Waals surface area contributed by atoms with Gasteiger partial charge in [-0.1, -0.05) is 48.6 Å². The SMILES string of the molecule is CCNCc1nnc(C(OC)c2ccccc2)s1. The van der Waals surface area contributed by atoms with Gasteiger partial charge in [-0.3, -0.25) is 0 Å². The topological polar surface area (TPSA) is 47.0 Å². The molecule has 0 saturated carbocycles. The number of benzene rings is 1. The number of hydrogen-bond acceptors (Lipinski definition) is 5. The summed E-state index contributed by atoms with van der Waals surface area (Å²) in [6.45, 7) is 3.77. The zero-order valence-electron chi connectivity index (χ0n) is 10.6.